The summed E-state index contributed by atoms with van der Waals surface area (Å²) in [5, 5.41) is 6.70. The lowest BCUT2D eigenvalue weighted by molar-refractivity contribution is 0.414. The van der Waals surface area contributed by atoms with Gasteiger partial charge in [-0.1, -0.05) is 6.07 Å². The molecule has 0 fully saturated rings. The maximum atomic E-state index is 5.19. The summed E-state index contributed by atoms with van der Waals surface area (Å²) in [6.45, 7) is 1.02. The van der Waals surface area contributed by atoms with Crippen molar-refractivity contribution in [3.05, 3.63) is 23.8 Å². The van der Waals surface area contributed by atoms with Crippen LogP contribution in [0.15, 0.2) is 18.2 Å². The first kappa shape index (κ1) is 9.34. The van der Waals surface area contributed by atoms with Crippen molar-refractivity contribution in [3.63, 3.8) is 0 Å². The summed E-state index contributed by atoms with van der Waals surface area (Å²) < 4.78 is 5.19. The number of rotatable bonds is 2. The first-order chi connectivity index (χ1) is 6.85. The molecule has 0 saturated carbocycles. The molecule has 1 unspecified atom stereocenters. The van der Waals surface area contributed by atoms with Crippen LogP contribution < -0.4 is 15.4 Å². The lowest BCUT2D eigenvalue weighted by Crippen LogP contribution is -2.25. The van der Waals surface area contributed by atoms with E-state index >= 15 is 0 Å². The highest BCUT2D eigenvalue weighted by Gasteiger charge is 2.18. The molecule has 76 valence electrons. The molecule has 14 heavy (non-hydrogen) atoms. The van der Waals surface area contributed by atoms with Crippen LogP contribution in [0.3, 0.4) is 0 Å². The van der Waals surface area contributed by atoms with Gasteiger partial charge in [0, 0.05) is 24.3 Å². The minimum atomic E-state index is 0.470. The van der Waals surface area contributed by atoms with Gasteiger partial charge in [0.1, 0.15) is 5.75 Å². The predicted molar refractivity (Wildman–Crippen MR) is 57.9 cm³/mol. The monoisotopic (exact) mass is 192 g/mol. The first-order valence-corrected chi connectivity index (χ1v) is 4.94. The van der Waals surface area contributed by atoms with E-state index in [-0.39, 0.29) is 0 Å². The smallest absolute Gasteiger partial charge is 0.120 e. The van der Waals surface area contributed by atoms with Gasteiger partial charge in [0.25, 0.3) is 0 Å². The van der Waals surface area contributed by atoms with Gasteiger partial charge in [0.15, 0.2) is 0 Å². The zero-order valence-corrected chi connectivity index (χ0v) is 8.63. The quantitative estimate of drug-likeness (QED) is 0.749. The Morgan fingerprint density at radius 1 is 1.50 bits per heavy atom. The van der Waals surface area contributed by atoms with Crippen LogP contribution >= 0.6 is 0 Å². The van der Waals surface area contributed by atoms with E-state index < -0.39 is 0 Å². The molecule has 3 nitrogen and oxygen atoms in total. The van der Waals surface area contributed by atoms with Crippen LogP contribution in [0.4, 0.5) is 5.69 Å². The van der Waals surface area contributed by atoms with Gasteiger partial charge in [0.05, 0.1) is 7.11 Å². The summed E-state index contributed by atoms with van der Waals surface area (Å²) in [7, 11) is 3.70. The van der Waals surface area contributed by atoms with E-state index in [4.69, 9.17) is 4.74 Å². The number of anilines is 1. The SMILES string of the molecule is CNC1CCNc2cc(OC)ccc21. The molecule has 1 atom stereocenters. The molecule has 2 N–H and O–H groups in total. The van der Waals surface area contributed by atoms with E-state index in [1.54, 1.807) is 7.11 Å². The molecule has 0 aromatic heterocycles. The summed E-state index contributed by atoms with van der Waals surface area (Å²) in [6.07, 6.45) is 1.13. The Morgan fingerprint density at radius 3 is 3.07 bits per heavy atom. The van der Waals surface area contributed by atoms with Crippen molar-refractivity contribution in [1.82, 2.24) is 5.32 Å². The molecular weight excluding hydrogens is 176 g/mol. The average molecular weight is 192 g/mol. The van der Waals surface area contributed by atoms with Crippen molar-refractivity contribution in [2.24, 2.45) is 0 Å². The van der Waals surface area contributed by atoms with E-state index in [1.807, 2.05) is 13.1 Å². The zero-order chi connectivity index (χ0) is 9.97. The van der Waals surface area contributed by atoms with Crippen LogP contribution in [-0.2, 0) is 0 Å². The maximum absolute atomic E-state index is 5.19. The Kier molecular flexibility index (Phi) is 2.59. The van der Waals surface area contributed by atoms with Crippen LogP contribution in [0.25, 0.3) is 0 Å². The first-order valence-electron chi connectivity index (χ1n) is 4.94. The normalized spacial score (nSPS) is 19.7. The number of hydrogen-bond acceptors (Lipinski definition) is 3. The largest absolute Gasteiger partial charge is 0.497 e. The van der Waals surface area contributed by atoms with Gasteiger partial charge in [-0.05, 0) is 25.1 Å². The number of benzene rings is 1. The summed E-state index contributed by atoms with van der Waals surface area (Å²) in [6, 6.07) is 6.66. The molecule has 0 bridgehead atoms. The second-order valence-electron chi connectivity index (χ2n) is 3.51. The van der Waals surface area contributed by atoms with Gasteiger partial charge in [-0.3, -0.25) is 0 Å². The van der Waals surface area contributed by atoms with Crippen molar-refractivity contribution in [1.29, 1.82) is 0 Å². The topological polar surface area (TPSA) is 33.3 Å². The molecule has 0 spiro atoms. The molecule has 1 heterocycles. The Labute approximate surface area is 84.5 Å². The summed E-state index contributed by atoms with van der Waals surface area (Å²) in [4.78, 5) is 0. The van der Waals surface area contributed by atoms with Crippen molar-refractivity contribution in [2.45, 2.75) is 12.5 Å². The number of fused-ring (bicyclic) bond motifs is 1. The Bertz CT molecular complexity index is 325. The molecular formula is C11H16N2O. The minimum absolute atomic E-state index is 0.470. The van der Waals surface area contributed by atoms with Gasteiger partial charge < -0.3 is 15.4 Å². The molecule has 1 aliphatic heterocycles. The summed E-state index contributed by atoms with van der Waals surface area (Å²) in [5.41, 5.74) is 2.52. The minimum Gasteiger partial charge on any atom is -0.497 e. The van der Waals surface area contributed by atoms with Crippen LogP contribution in [-0.4, -0.2) is 20.7 Å². The fraction of sp³-hybridized carbons (Fsp3) is 0.455. The van der Waals surface area contributed by atoms with Crippen LogP contribution in [0.2, 0.25) is 0 Å². The molecule has 0 radical (unpaired) electrons. The third-order valence-electron chi connectivity index (χ3n) is 2.73. The molecule has 1 aliphatic rings. The van der Waals surface area contributed by atoms with Gasteiger partial charge in [-0.25, -0.2) is 0 Å². The Hall–Kier alpha value is -1.22. The van der Waals surface area contributed by atoms with E-state index in [9.17, 15) is 0 Å². The molecule has 1 aromatic carbocycles. The van der Waals surface area contributed by atoms with Gasteiger partial charge in [-0.15, -0.1) is 0 Å². The second kappa shape index (κ2) is 3.88. The fourth-order valence-corrected chi connectivity index (χ4v) is 1.93. The number of ether oxygens (including phenoxy) is 1. The summed E-state index contributed by atoms with van der Waals surface area (Å²) in [5.74, 6) is 0.910. The average Bonchev–Trinajstić information content (AvgIpc) is 2.27. The van der Waals surface area contributed by atoms with E-state index in [0.29, 0.717) is 6.04 Å². The van der Waals surface area contributed by atoms with Crippen molar-refractivity contribution >= 4 is 5.69 Å². The van der Waals surface area contributed by atoms with Crippen LogP contribution in [0.1, 0.15) is 18.0 Å². The molecule has 2 rings (SSSR count). The third kappa shape index (κ3) is 1.55. The molecule has 0 saturated heterocycles. The highest BCUT2D eigenvalue weighted by molar-refractivity contribution is 5.58. The molecule has 3 heteroatoms. The lowest BCUT2D eigenvalue weighted by Gasteiger charge is -2.26. The van der Waals surface area contributed by atoms with Crippen molar-refractivity contribution in [3.8, 4) is 5.75 Å². The molecule has 0 aliphatic carbocycles. The number of nitrogens with one attached hydrogen (secondary N) is 2. The summed E-state index contributed by atoms with van der Waals surface area (Å²) >= 11 is 0. The van der Waals surface area contributed by atoms with E-state index in [1.165, 1.54) is 11.3 Å². The second-order valence-corrected chi connectivity index (χ2v) is 3.51. The Morgan fingerprint density at radius 2 is 2.36 bits per heavy atom. The third-order valence-corrected chi connectivity index (χ3v) is 2.73. The lowest BCUT2D eigenvalue weighted by atomic mass is 9.98. The van der Waals surface area contributed by atoms with E-state index in [0.717, 1.165) is 18.7 Å². The van der Waals surface area contributed by atoms with Crippen LogP contribution in [0, 0.1) is 0 Å². The highest BCUT2D eigenvalue weighted by Crippen LogP contribution is 2.32. The number of methoxy groups -OCH3 is 1. The molecule has 1 aromatic rings. The van der Waals surface area contributed by atoms with Crippen molar-refractivity contribution < 1.29 is 4.74 Å². The van der Waals surface area contributed by atoms with E-state index in [2.05, 4.69) is 22.8 Å². The standard InChI is InChI=1S/C11H16N2O/c1-12-10-5-6-13-11-7-8(14-2)3-4-9(10)11/h3-4,7,10,12-13H,5-6H2,1-2H3. The number of hydrogen-bond donors (Lipinski definition) is 2. The zero-order valence-electron chi connectivity index (χ0n) is 8.63. The van der Waals surface area contributed by atoms with Gasteiger partial charge >= 0.3 is 0 Å². The Balaban J connectivity index is 2.35. The predicted octanol–water partition coefficient (Wildman–Crippen LogP) is 1.77. The van der Waals surface area contributed by atoms with Gasteiger partial charge in [0.2, 0.25) is 0 Å². The maximum Gasteiger partial charge on any atom is 0.120 e. The van der Waals surface area contributed by atoms with Gasteiger partial charge in [-0.2, -0.15) is 0 Å². The molecule has 0 amide bonds. The van der Waals surface area contributed by atoms with Crippen LogP contribution in [0.5, 0.6) is 5.75 Å². The highest BCUT2D eigenvalue weighted by atomic mass is 16.5. The fourth-order valence-electron chi connectivity index (χ4n) is 1.93. The van der Waals surface area contributed by atoms with Crippen molar-refractivity contribution in [2.75, 3.05) is 26.0 Å².